The largest absolute Gasteiger partial charge is 0.368 e. The molecule has 0 radical (unpaired) electrons. The van der Waals surface area contributed by atoms with Crippen molar-refractivity contribution in [2.24, 2.45) is 10.2 Å². The third-order valence-corrected chi connectivity index (χ3v) is 13.3. The van der Waals surface area contributed by atoms with Gasteiger partial charge in [0.2, 0.25) is 0 Å². The zero-order chi connectivity index (χ0) is 29.7. The number of epoxide rings is 2. The van der Waals surface area contributed by atoms with E-state index in [9.17, 15) is 9.59 Å². The predicted octanol–water partition coefficient (Wildman–Crippen LogP) is 7.49. The highest BCUT2D eigenvalue weighted by Crippen LogP contribution is 2.68. The number of benzene rings is 3. The molecule has 0 aliphatic carbocycles. The summed E-state index contributed by atoms with van der Waals surface area (Å²) in [7, 11) is 0. The molecule has 9 rings (SSSR count). The smallest absolute Gasteiger partial charge is 0.282 e. The second kappa shape index (κ2) is 10.1. The average molecular weight is 655 g/mol. The van der Waals surface area contributed by atoms with E-state index in [1.54, 1.807) is 47.0 Å². The molecule has 0 spiro atoms. The van der Waals surface area contributed by atoms with Crippen LogP contribution in [-0.2, 0) is 19.1 Å². The lowest BCUT2D eigenvalue weighted by Gasteiger charge is -2.14. The van der Waals surface area contributed by atoms with Crippen LogP contribution in [0, 0.1) is 0 Å². The highest BCUT2D eigenvalue weighted by Gasteiger charge is 2.47. The number of anilines is 2. The second-order valence-corrected chi connectivity index (χ2v) is 15.4. The van der Waals surface area contributed by atoms with Crippen LogP contribution in [0.3, 0.4) is 0 Å². The molecule has 2 amide bonds. The topological polar surface area (TPSA) is 90.4 Å². The molecule has 3 aromatic carbocycles. The Morgan fingerprint density at radius 2 is 0.955 bits per heavy atom. The quantitative estimate of drug-likeness (QED) is 0.211. The van der Waals surface area contributed by atoms with Gasteiger partial charge in [-0.3, -0.25) is 9.59 Å². The normalized spacial score (nSPS) is 23.5. The first-order chi connectivity index (χ1) is 21.5. The summed E-state index contributed by atoms with van der Waals surface area (Å²) >= 11 is 6.53. The molecule has 2 fully saturated rings. The Hall–Kier alpha value is -3.26. The molecule has 0 saturated carbocycles. The molecule has 0 bridgehead atoms. The van der Waals surface area contributed by atoms with Crippen molar-refractivity contribution >= 4 is 81.7 Å². The van der Waals surface area contributed by atoms with Crippen LogP contribution in [0.25, 0.3) is 0 Å². The van der Waals surface area contributed by atoms with E-state index >= 15 is 0 Å². The molecule has 6 aliphatic rings. The van der Waals surface area contributed by atoms with Gasteiger partial charge in [-0.2, -0.15) is 20.2 Å². The Balaban J connectivity index is 1.13. The van der Waals surface area contributed by atoms with Crippen molar-refractivity contribution in [3.63, 3.8) is 0 Å². The van der Waals surface area contributed by atoms with E-state index in [0.717, 1.165) is 50.6 Å². The third-order valence-electron chi connectivity index (χ3n) is 7.93. The van der Waals surface area contributed by atoms with Gasteiger partial charge in [-0.15, -0.1) is 0 Å². The van der Waals surface area contributed by atoms with Crippen molar-refractivity contribution in [2.45, 2.75) is 45.6 Å². The molecule has 44 heavy (non-hydrogen) atoms. The minimum atomic E-state index is -0.120. The summed E-state index contributed by atoms with van der Waals surface area (Å²) in [6.45, 7) is 5.09. The summed E-state index contributed by atoms with van der Waals surface area (Å²) in [5, 5.41) is 12.2. The van der Waals surface area contributed by atoms with Gasteiger partial charge >= 0.3 is 0 Å². The molecule has 6 aliphatic heterocycles. The number of ether oxygens (including phenoxy) is 2. The summed E-state index contributed by atoms with van der Waals surface area (Å²) in [6, 6.07) is 19.0. The van der Waals surface area contributed by atoms with E-state index in [2.05, 4.69) is 10.2 Å². The second-order valence-electron chi connectivity index (χ2n) is 10.8. The number of rotatable bonds is 4. The van der Waals surface area contributed by atoms with Crippen LogP contribution in [0.2, 0.25) is 0 Å². The van der Waals surface area contributed by atoms with E-state index in [1.165, 1.54) is 10.0 Å². The maximum Gasteiger partial charge on any atom is 0.282 e. The number of amides is 2. The van der Waals surface area contributed by atoms with E-state index in [-0.39, 0.29) is 24.0 Å². The van der Waals surface area contributed by atoms with E-state index in [4.69, 9.17) is 9.47 Å². The molecule has 3 aromatic rings. The van der Waals surface area contributed by atoms with Crippen LogP contribution in [0.1, 0.15) is 37.2 Å². The van der Waals surface area contributed by atoms with Crippen molar-refractivity contribution in [3.05, 3.63) is 91.4 Å². The van der Waals surface area contributed by atoms with Crippen LogP contribution in [0.5, 0.6) is 0 Å². The molecular weight excluding hydrogens is 633 g/mol. The van der Waals surface area contributed by atoms with Gasteiger partial charge in [0.1, 0.15) is 12.2 Å². The Labute approximate surface area is 270 Å². The molecule has 6 heterocycles. The van der Waals surface area contributed by atoms with E-state index < -0.39 is 0 Å². The van der Waals surface area contributed by atoms with Crippen LogP contribution in [0.15, 0.2) is 110 Å². The van der Waals surface area contributed by atoms with Crippen molar-refractivity contribution < 1.29 is 19.1 Å². The number of para-hydroxylation sites is 2. The van der Waals surface area contributed by atoms with Crippen LogP contribution in [-0.4, -0.2) is 36.5 Å². The minimum Gasteiger partial charge on any atom is -0.368 e. The third kappa shape index (κ3) is 4.19. The number of fused-ring (bicyclic) bond motifs is 2. The van der Waals surface area contributed by atoms with Gasteiger partial charge in [0, 0.05) is 30.7 Å². The van der Waals surface area contributed by atoms with Crippen LogP contribution >= 0.6 is 47.0 Å². The number of hydrogen-bond acceptors (Lipinski definition) is 10. The number of hydrazone groups is 2. The number of hydrogen-bond donors (Lipinski definition) is 0. The molecule has 2 atom stereocenters. The fourth-order valence-corrected chi connectivity index (χ4v) is 11.9. The Morgan fingerprint density at radius 1 is 0.614 bits per heavy atom. The SMILES string of the molecule is CC1=NN(c2ccccc2)C(=O)C1=C1Sc2c(c(C3CO3)c3c(c2C2CO2)SC(=C2C(=O)N(c4ccccc4)N=C2C)S3)S1. The lowest BCUT2D eigenvalue weighted by atomic mass is 10.1. The molecule has 0 N–H and O–H groups in total. The van der Waals surface area contributed by atoms with Gasteiger partial charge < -0.3 is 9.47 Å². The molecular formula is C32H22N4O4S4. The Bertz CT molecular complexity index is 1770. The number of thioether (sulfide) groups is 4. The molecule has 12 heteroatoms. The van der Waals surface area contributed by atoms with E-state index in [0.29, 0.717) is 35.8 Å². The van der Waals surface area contributed by atoms with Crippen LogP contribution < -0.4 is 10.0 Å². The van der Waals surface area contributed by atoms with Gasteiger partial charge in [0.15, 0.2) is 0 Å². The highest BCUT2D eigenvalue weighted by molar-refractivity contribution is 8.25. The maximum absolute atomic E-state index is 13.7. The molecule has 218 valence electrons. The summed E-state index contributed by atoms with van der Waals surface area (Å²) in [5.74, 6) is -0.239. The zero-order valence-electron chi connectivity index (χ0n) is 23.4. The monoisotopic (exact) mass is 654 g/mol. The summed E-state index contributed by atoms with van der Waals surface area (Å²) in [5.41, 5.74) is 6.45. The van der Waals surface area contributed by atoms with Gasteiger partial charge in [-0.05, 0) is 38.1 Å². The maximum atomic E-state index is 13.7. The fourth-order valence-electron chi connectivity index (χ4n) is 5.70. The zero-order valence-corrected chi connectivity index (χ0v) is 26.7. The molecule has 0 aromatic heterocycles. The van der Waals surface area contributed by atoms with Gasteiger partial charge in [0.25, 0.3) is 11.8 Å². The lowest BCUT2D eigenvalue weighted by Crippen LogP contribution is -2.21. The minimum absolute atomic E-state index is 0.0220. The van der Waals surface area contributed by atoms with Crippen molar-refractivity contribution in [3.8, 4) is 0 Å². The first-order valence-electron chi connectivity index (χ1n) is 14.0. The predicted molar refractivity (Wildman–Crippen MR) is 175 cm³/mol. The molecule has 2 unspecified atom stereocenters. The Morgan fingerprint density at radius 3 is 1.27 bits per heavy atom. The van der Waals surface area contributed by atoms with Gasteiger partial charge in [0.05, 0.1) is 55.6 Å². The van der Waals surface area contributed by atoms with Gasteiger partial charge in [-0.25, -0.2) is 0 Å². The summed E-state index contributed by atoms with van der Waals surface area (Å²) < 4.78 is 13.7. The van der Waals surface area contributed by atoms with Crippen molar-refractivity contribution in [2.75, 3.05) is 23.2 Å². The average Bonchev–Trinajstić information content (AvgIpc) is 3.92. The molecule has 8 nitrogen and oxygen atoms in total. The highest BCUT2D eigenvalue weighted by atomic mass is 32.2. The number of nitrogens with zero attached hydrogens (tertiary/aromatic N) is 4. The molecule has 2 saturated heterocycles. The Kier molecular flexibility index (Phi) is 6.23. The van der Waals surface area contributed by atoms with E-state index in [1.807, 2.05) is 74.5 Å². The lowest BCUT2D eigenvalue weighted by molar-refractivity contribution is -0.115. The number of carbonyl (C=O) groups is 2. The first kappa shape index (κ1) is 27.1. The van der Waals surface area contributed by atoms with Crippen molar-refractivity contribution in [1.82, 2.24) is 0 Å². The van der Waals surface area contributed by atoms with Gasteiger partial charge in [-0.1, -0.05) is 83.4 Å². The summed E-state index contributed by atoms with van der Waals surface area (Å²) in [6.07, 6.45) is -0.0439. The number of carbonyl (C=O) groups excluding carboxylic acids is 2. The summed E-state index contributed by atoms with van der Waals surface area (Å²) in [4.78, 5) is 31.9. The van der Waals surface area contributed by atoms with Crippen molar-refractivity contribution in [1.29, 1.82) is 0 Å². The first-order valence-corrected chi connectivity index (χ1v) is 17.3. The standard InChI is InChI=1S/C32H22N4O4S4/c1-15-21(29(37)35(33-15)17-9-5-3-6-10-17)31-41-25-23(19-13-39-19)27-28(24(20-14-40-20)26(25)42-31)44-32(43-27)22-16(2)34-36(30(22)38)18-11-7-4-8-12-18/h3-12,19-20H,13-14H2,1-2H3. The fraction of sp³-hybridized carbons (Fsp3) is 0.188. The van der Waals surface area contributed by atoms with Crippen LogP contribution in [0.4, 0.5) is 11.4 Å².